The molecule has 0 aliphatic carbocycles. The average molecular weight is 208 g/mol. The molecule has 1 aliphatic rings. The van der Waals surface area contributed by atoms with E-state index in [0.717, 1.165) is 31.3 Å². The minimum atomic E-state index is 0.479. The molecule has 84 valence electrons. The fraction of sp³-hybridized carbons (Fsp3) is 0.818. The molecule has 1 unspecified atom stereocenters. The summed E-state index contributed by atoms with van der Waals surface area (Å²) in [4.78, 5) is 0. The molecule has 0 bridgehead atoms. The van der Waals surface area contributed by atoms with E-state index in [-0.39, 0.29) is 0 Å². The van der Waals surface area contributed by atoms with Gasteiger partial charge in [0.15, 0.2) is 0 Å². The van der Waals surface area contributed by atoms with Crippen LogP contribution in [0.2, 0.25) is 0 Å². The molecule has 4 heteroatoms. The first kappa shape index (κ1) is 10.6. The second-order valence-electron chi connectivity index (χ2n) is 4.70. The van der Waals surface area contributed by atoms with Crippen molar-refractivity contribution in [3.63, 3.8) is 0 Å². The van der Waals surface area contributed by atoms with Gasteiger partial charge in [0.25, 0.3) is 0 Å². The maximum Gasteiger partial charge on any atom is 0.135 e. The lowest BCUT2D eigenvalue weighted by molar-refractivity contribution is 0.365. The predicted octanol–water partition coefficient (Wildman–Crippen LogP) is 1.18. The van der Waals surface area contributed by atoms with Crippen molar-refractivity contribution in [1.82, 2.24) is 20.1 Å². The summed E-state index contributed by atoms with van der Waals surface area (Å²) in [5.41, 5.74) is 0. The van der Waals surface area contributed by atoms with Gasteiger partial charge < -0.3 is 9.88 Å². The Balaban J connectivity index is 2.15. The molecule has 1 atom stereocenters. The van der Waals surface area contributed by atoms with Crippen molar-refractivity contribution in [3.8, 4) is 0 Å². The van der Waals surface area contributed by atoms with Gasteiger partial charge in [0.2, 0.25) is 0 Å². The van der Waals surface area contributed by atoms with Crippen molar-refractivity contribution in [3.05, 3.63) is 11.6 Å². The van der Waals surface area contributed by atoms with Crippen LogP contribution in [0.3, 0.4) is 0 Å². The monoisotopic (exact) mass is 208 g/mol. The van der Waals surface area contributed by atoms with Crippen LogP contribution in [0, 0.1) is 5.92 Å². The predicted molar refractivity (Wildman–Crippen MR) is 59.8 cm³/mol. The van der Waals surface area contributed by atoms with Gasteiger partial charge in [-0.1, -0.05) is 13.8 Å². The highest BCUT2D eigenvalue weighted by atomic mass is 15.3. The van der Waals surface area contributed by atoms with Crippen molar-refractivity contribution in [2.24, 2.45) is 5.92 Å². The lowest BCUT2D eigenvalue weighted by atomic mass is 9.97. The molecule has 2 heterocycles. The zero-order valence-corrected chi connectivity index (χ0v) is 9.82. The van der Waals surface area contributed by atoms with E-state index in [4.69, 9.17) is 0 Å². The summed E-state index contributed by atoms with van der Waals surface area (Å²) >= 11 is 0. The molecule has 1 aliphatic heterocycles. The fourth-order valence-electron chi connectivity index (χ4n) is 2.31. The first-order valence-electron chi connectivity index (χ1n) is 5.79. The van der Waals surface area contributed by atoms with E-state index in [1.807, 2.05) is 7.05 Å². The third-order valence-corrected chi connectivity index (χ3v) is 3.10. The summed E-state index contributed by atoms with van der Waals surface area (Å²) in [6, 6.07) is 0. The summed E-state index contributed by atoms with van der Waals surface area (Å²) in [5, 5.41) is 11.8. The quantitative estimate of drug-likeness (QED) is 0.811. The van der Waals surface area contributed by atoms with Crippen LogP contribution in [0.5, 0.6) is 0 Å². The summed E-state index contributed by atoms with van der Waals surface area (Å²) in [6.07, 6.45) is 2.31. The number of hydrogen-bond acceptors (Lipinski definition) is 3. The van der Waals surface area contributed by atoms with Gasteiger partial charge in [-0.25, -0.2) is 0 Å². The first-order valence-corrected chi connectivity index (χ1v) is 5.79. The van der Waals surface area contributed by atoms with Gasteiger partial charge >= 0.3 is 0 Å². The first-order chi connectivity index (χ1) is 7.22. The Kier molecular flexibility index (Phi) is 3.05. The van der Waals surface area contributed by atoms with Crippen LogP contribution < -0.4 is 5.32 Å². The van der Waals surface area contributed by atoms with Gasteiger partial charge in [-0.2, -0.15) is 0 Å². The van der Waals surface area contributed by atoms with E-state index in [1.54, 1.807) is 0 Å². The topological polar surface area (TPSA) is 42.7 Å². The molecule has 0 saturated heterocycles. The number of fused-ring (bicyclic) bond motifs is 1. The lowest BCUT2D eigenvalue weighted by Crippen LogP contribution is -2.28. The van der Waals surface area contributed by atoms with Crippen molar-refractivity contribution in [2.75, 3.05) is 13.6 Å². The second kappa shape index (κ2) is 4.31. The molecule has 0 amide bonds. The van der Waals surface area contributed by atoms with Gasteiger partial charge in [-0.05, 0) is 25.9 Å². The number of rotatable bonds is 3. The van der Waals surface area contributed by atoms with Gasteiger partial charge in [0.1, 0.15) is 11.6 Å². The minimum Gasteiger partial charge on any atom is -0.319 e. The van der Waals surface area contributed by atoms with E-state index >= 15 is 0 Å². The summed E-state index contributed by atoms with van der Waals surface area (Å²) in [7, 11) is 2.01. The Morgan fingerprint density at radius 2 is 2.27 bits per heavy atom. The summed E-state index contributed by atoms with van der Waals surface area (Å²) < 4.78 is 2.30. The Morgan fingerprint density at radius 3 is 2.93 bits per heavy atom. The Labute approximate surface area is 91.1 Å². The molecule has 0 spiro atoms. The molecule has 4 nitrogen and oxygen atoms in total. The van der Waals surface area contributed by atoms with Gasteiger partial charge in [-0.3, -0.25) is 0 Å². The Hall–Kier alpha value is -0.900. The van der Waals surface area contributed by atoms with Crippen LogP contribution in [0.15, 0.2) is 0 Å². The van der Waals surface area contributed by atoms with Crippen molar-refractivity contribution in [1.29, 1.82) is 0 Å². The maximum absolute atomic E-state index is 4.30. The molecule has 0 saturated carbocycles. The molecule has 1 aromatic heterocycles. The third kappa shape index (κ3) is 2.04. The zero-order chi connectivity index (χ0) is 10.8. The highest BCUT2D eigenvalue weighted by molar-refractivity contribution is 5.03. The van der Waals surface area contributed by atoms with Crippen LogP contribution in [0.1, 0.15) is 37.8 Å². The SMILES string of the molecule is CNCC1CCn2c(nnc2C(C)C)C1. The number of hydrogen-bond donors (Lipinski definition) is 1. The smallest absolute Gasteiger partial charge is 0.135 e. The normalized spacial score (nSPS) is 20.7. The van der Waals surface area contributed by atoms with E-state index < -0.39 is 0 Å². The Bertz CT molecular complexity index is 329. The van der Waals surface area contributed by atoms with Crippen molar-refractivity contribution >= 4 is 0 Å². The molecular weight excluding hydrogens is 188 g/mol. The van der Waals surface area contributed by atoms with Gasteiger partial charge in [0.05, 0.1) is 0 Å². The number of aromatic nitrogens is 3. The molecule has 0 aromatic carbocycles. The highest BCUT2D eigenvalue weighted by Crippen LogP contribution is 2.22. The minimum absolute atomic E-state index is 0.479. The second-order valence-corrected chi connectivity index (χ2v) is 4.70. The summed E-state index contributed by atoms with van der Waals surface area (Å²) in [6.45, 7) is 6.53. The van der Waals surface area contributed by atoms with Gasteiger partial charge in [0, 0.05) is 18.9 Å². The molecular formula is C11H20N4. The zero-order valence-electron chi connectivity index (χ0n) is 9.82. The standard InChI is InChI=1S/C11H20N4/c1-8(2)11-14-13-10-6-9(7-12-3)4-5-15(10)11/h8-9,12H,4-7H2,1-3H3. The maximum atomic E-state index is 4.30. The van der Waals surface area contributed by atoms with Crippen LogP contribution >= 0.6 is 0 Å². The third-order valence-electron chi connectivity index (χ3n) is 3.10. The van der Waals surface area contributed by atoms with Gasteiger partial charge in [-0.15, -0.1) is 10.2 Å². The summed E-state index contributed by atoms with van der Waals surface area (Å²) in [5.74, 6) is 3.52. The molecule has 1 aromatic rings. The van der Waals surface area contributed by atoms with Crippen LogP contribution in [-0.2, 0) is 13.0 Å². The van der Waals surface area contributed by atoms with E-state index in [1.165, 1.54) is 12.2 Å². The van der Waals surface area contributed by atoms with Crippen molar-refractivity contribution in [2.45, 2.75) is 39.2 Å². The highest BCUT2D eigenvalue weighted by Gasteiger charge is 2.23. The van der Waals surface area contributed by atoms with Crippen LogP contribution in [0.4, 0.5) is 0 Å². The molecule has 2 rings (SSSR count). The molecule has 15 heavy (non-hydrogen) atoms. The van der Waals surface area contributed by atoms with E-state index in [0.29, 0.717) is 5.92 Å². The number of nitrogens with zero attached hydrogens (tertiary/aromatic N) is 3. The largest absolute Gasteiger partial charge is 0.319 e. The Morgan fingerprint density at radius 1 is 1.47 bits per heavy atom. The molecule has 0 radical (unpaired) electrons. The fourth-order valence-corrected chi connectivity index (χ4v) is 2.31. The van der Waals surface area contributed by atoms with E-state index in [2.05, 4.69) is 33.9 Å². The van der Waals surface area contributed by atoms with E-state index in [9.17, 15) is 0 Å². The molecule has 0 fully saturated rings. The van der Waals surface area contributed by atoms with Crippen molar-refractivity contribution < 1.29 is 0 Å². The number of nitrogens with one attached hydrogen (secondary N) is 1. The lowest BCUT2D eigenvalue weighted by Gasteiger charge is -2.23. The van der Waals surface area contributed by atoms with Crippen LogP contribution in [0.25, 0.3) is 0 Å². The average Bonchev–Trinajstić information content (AvgIpc) is 2.61. The molecule has 1 N–H and O–H groups in total. The van der Waals surface area contributed by atoms with Crippen LogP contribution in [-0.4, -0.2) is 28.4 Å².